The van der Waals surface area contributed by atoms with Gasteiger partial charge in [0, 0.05) is 24.6 Å². The molecule has 1 aliphatic heterocycles. The van der Waals surface area contributed by atoms with Crippen molar-refractivity contribution in [2.75, 3.05) is 13.1 Å². The maximum atomic E-state index is 11.6. The van der Waals surface area contributed by atoms with Crippen molar-refractivity contribution in [2.45, 2.75) is 12.8 Å². The molecule has 1 fully saturated rings. The number of rotatable bonds is 0. The minimum Gasteiger partial charge on any atom is -0.332 e. The minimum atomic E-state index is -0.0450. The monoisotopic (exact) mass is 199 g/mol. The molecule has 0 saturated carbocycles. The maximum absolute atomic E-state index is 11.6. The van der Waals surface area contributed by atoms with E-state index in [0.717, 1.165) is 31.5 Å². The number of carbonyl (C=O) groups is 1. The minimum absolute atomic E-state index is 0.0450. The maximum Gasteiger partial charge on any atom is 0.298 e. The van der Waals surface area contributed by atoms with Crippen LogP contribution >= 0.6 is 0 Å². The van der Waals surface area contributed by atoms with Crippen LogP contribution in [0.4, 0.5) is 0 Å². The summed E-state index contributed by atoms with van der Waals surface area (Å²) < 4.78 is 0. The van der Waals surface area contributed by atoms with Gasteiger partial charge in [-0.05, 0) is 25.0 Å². The fraction of sp³-hybridized carbons (Fsp3) is 0.308. The molecular formula is C13H13NO. The van der Waals surface area contributed by atoms with Crippen LogP contribution in [0, 0.1) is 11.8 Å². The zero-order valence-corrected chi connectivity index (χ0v) is 8.57. The van der Waals surface area contributed by atoms with Gasteiger partial charge in [-0.1, -0.05) is 24.1 Å². The number of benzene rings is 1. The topological polar surface area (TPSA) is 20.3 Å². The third kappa shape index (κ3) is 2.60. The van der Waals surface area contributed by atoms with Crippen LogP contribution in [0.1, 0.15) is 18.4 Å². The molecule has 2 rings (SSSR count). The standard InChI is InChI=1S/C13H13NO/c15-13(14-10-4-5-11-14)9-8-12-6-2-1-3-7-12/h1-3,6-7H,4-5,10-11H2. The molecule has 2 nitrogen and oxygen atoms in total. The van der Waals surface area contributed by atoms with Gasteiger partial charge in [0.05, 0.1) is 0 Å². The quantitative estimate of drug-likeness (QED) is 0.582. The van der Waals surface area contributed by atoms with Gasteiger partial charge in [0.25, 0.3) is 5.91 Å². The summed E-state index contributed by atoms with van der Waals surface area (Å²) in [7, 11) is 0. The molecule has 0 aromatic heterocycles. The van der Waals surface area contributed by atoms with Crippen LogP contribution in [-0.4, -0.2) is 23.9 Å². The third-order valence-electron chi connectivity index (χ3n) is 2.48. The van der Waals surface area contributed by atoms with E-state index in [4.69, 9.17) is 0 Å². The molecule has 0 radical (unpaired) electrons. The van der Waals surface area contributed by atoms with Crippen molar-refractivity contribution in [2.24, 2.45) is 0 Å². The molecular weight excluding hydrogens is 186 g/mol. The molecule has 1 amide bonds. The Hall–Kier alpha value is -1.75. The van der Waals surface area contributed by atoms with Gasteiger partial charge in [0.1, 0.15) is 0 Å². The molecule has 1 saturated heterocycles. The van der Waals surface area contributed by atoms with Gasteiger partial charge >= 0.3 is 0 Å². The van der Waals surface area contributed by atoms with Gasteiger partial charge in [0.2, 0.25) is 0 Å². The largest absolute Gasteiger partial charge is 0.332 e. The highest BCUT2D eigenvalue weighted by Gasteiger charge is 2.15. The van der Waals surface area contributed by atoms with Crippen molar-refractivity contribution in [1.82, 2.24) is 4.90 Å². The predicted octanol–water partition coefficient (Wildman–Crippen LogP) is 1.66. The van der Waals surface area contributed by atoms with Crippen LogP contribution in [0.3, 0.4) is 0 Å². The number of nitrogens with zero attached hydrogens (tertiary/aromatic N) is 1. The highest BCUT2D eigenvalue weighted by atomic mass is 16.2. The summed E-state index contributed by atoms with van der Waals surface area (Å²) in [4.78, 5) is 13.4. The first kappa shape index (κ1) is 9.79. The van der Waals surface area contributed by atoms with Crippen molar-refractivity contribution in [3.63, 3.8) is 0 Å². The van der Waals surface area contributed by atoms with Crippen LogP contribution in [0.2, 0.25) is 0 Å². The number of likely N-dealkylation sites (tertiary alicyclic amines) is 1. The van der Waals surface area contributed by atoms with E-state index < -0.39 is 0 Å². The molecule has 0 aliphatic carbocycles. The SMILES string of the molecule is O=C(C#Cc1ccccc1)N1CCCC1. The number of hydrogen-bond donors (Lipinski definition) is 0. The summed E-state index contributed by atoms with van der Waals surface area (Å²) >= 11 is 0. The molecule has 0 atom stereocenters. The van der Waals surface area contributed by atoms with Crippen molar-refractivity contribution in [1.29, 1.82) is 0 Å². The van der Waals surface area contributed by atoms with Crippen LogP contribution in [0.25, 0.3) is 0 Å². The van der Waals surface area contributed by atoms with E-state index >= 15 is 0 Å². The lowest BCUT2D eigenvalue weighted by Crippen LogP contribution is -2.25. The Morgan fingerprint density at radius 2 is 1.80 bits per heavy atom. The number of amides is 1. The van der Waals surface area contributed by atoms with Crippen LogP contribution < -0.4 is 0 Å². The van der Waals surface area contributed by atoms with E-state index in [-0.39, 0.29) is 5.91 Å². The zero-order valence-electron chi connectivity index (χ0n) is 8.57. The lowest BCUT2D eigenvalue weighted by Gasteiger charge is -2.09. The van der Waals surface area contributed by atoms with Crippen LogP contribution in [0.15, 0.2) is 30.3 Å². The first-order chi connectivity index (χ1) is 7.36. The van der Waals surface area contributed by atoms with E-state index in [2.05, 4.69) is 11.8 Å². The third-order valence-corrected chi connectivity index (χ3v) is 2.48. The average Bonchev–Trinajstić information content (AvgIpc) is 2.81. The Morgan fingerprint density at radius 3 is 2.47 bits per heavy atom. The molecule has 1 heterocycles. The Morgan fingerprint density at radius 1 is 1.13 bits per heavy atom. The van der Waals surface area contributed by atoms with Crippen molar-refractivity contribution in [3.8, 4) is 11.8 Å². The Labute approximate surface area is 89.9 Å². The summed E-state index contributed by atoms with van der Waals surface area (Å²) in [6, 6.07) is 9.59. The predicted molar refractivity (Wildman–Crippen MR) is 59.1 cm³/mol. The molecule has 1 aliphatic rings. The Balaban J connectivity index is 2.02. The first-order valence-electron chi connectivity index (χ1n) is 5.22. The van der Waals surface area contributed by atoms with Gasteiger partial charge in [0.15, 0.2) is 0 Å². The Bertz CT molecular complexity index is 394. The summed E-state index contributed by atoms with van der Waals surface area (Å²) in [5, 5.41) is 0. The summed E-state index contributed by atoms with van der Waals surface area (Å²) in [6.07, 6.45) is 2.22. The molecule has 76 valence electrons. The van der Waals surface area contributed by atoms with Crippen LogP contribution in [0.5, 0.6) is 0 Å². The fourth-order valence-corrected chi connectivity index (χ4v) is 1.65. The van der Waals surface area contributed by atoms with Gasteiger partial charge < -0.3 is 4.90 Å². The van der Waals surface area contributed by atoms with Gasteiger partial charge in [-0.15, -0.1) is 0 Å². The highest BCUT2D eigenvalue weighted by Crippen LogP contribution is 2.06. The molecule has 1 aromatic rings. The zero-order chi connectivity index (χ0) is 10.5. The van der Waals surface area contributed by atoms with Crippen LogP contribution in [-0.2, 0) is 4.79 Å². The lowest BCUT2D eigenvalue weighted by atomic mass is 10.2. The van der Waals surface area contributed by atoms with Crippen molar-refractivity contribution >= 4 is 5.91 Å². The van der Waals surface area contributed by atoms with E-state index in [0.29, 0.717) is 0 Å². The number of hydrogen-bond acceptors (Lipinski definition) is 1. The van der Waals surface area contributed by atoms with E-state index in [9.17, 15) is 4.79 Å². The second-order valence-corrected chi connectivity index (χ2v) is 3.62. The second kappa shape index (κ2) is 4.65. The molecule has 0 bridgehead atoms. The van der Waals surface area contributed by atoms with E-state index in [1.807, 2.05) is 35.2 Å². The molecule has 2 heteroatoms. The average molecular weight is 199 g/mol. The smallest absolute Gasteiger partial charge is 0.298 e. The van der Waals surface area contributed by atoms with Gasteiger partial charge in [-0.25, -0.2) is 0 Å². The second-order valence-electron chi connectivity index (χ2n) is 3.62. The first-order valence-corrected chi connectivity index (χ1v) is 5.22. The fourth-order valence-electron chi connectivity index (χ4n) is 1.65. The molecule has 15 heavy (non-hydrogen) atoms. The molecule has 0 unspecified atom stereocenters. The van der Waals surface area contributed by atoms with E-state index in [1.54, 1.807) is 0 Å². The normalized spacial score (nSPS) is 14.5. The molecule has 1 aromatic carbocycles. The van der Waals surface area contributed by atoms with Gasteiger partial charge in [-0.3, -0.25) is 4.79 Å². The molecule has 0 spiro atoms. The highest BCUT2D eigenvalue weighted by molar-refractivity contribution is 5.94. The Kier molecular flexibility index (Phi) is 3.04. The lowest BCUT2D eigenvalue weighted by molar-refractivity contribution is -0.124. The van der Waals surface area contributed by atoms with Crippen molar-refractivity contribution in [3.05, 3.63) is 35.9 Å². The summed E-state index contributed by atoms with van der Waals surface area (Å²) in [5.74, 6) is 5.51. The van der Waals surface area contributed by atoms with Gasteiger partial charge in [-0.2, -0.15) is 0 Å². The number of carbonyl (C=O) groups excluding carboxylic acids is 1. The summed E-state index contributed by atoms with van der Waals surface area (Å²) in [5.41, 5.74) is 0.894. The van der Waals surface area contributed by atoms with E-state index in [1.165, 1.54) is 0 Å². The van der Waals surface area contributed by atoms with Crippen molar-refractivity contribution < 1.29 is 4.79 Å². The summed E-state index contributed by atoms with van der Waals surface area (Å²) in [6.45, 7) is 1.73. The molecule has 0 N–H and O–H groups in total.